The van der Waals surface area contributed by atoms with Gasteiger partial charge in [0.1, 0.15) is 0 Å². The molecule has 0 fully saturated rings. The van der Waals surface area contributed by atoms with Crippen LogP contribution in [0.25, 0.3) is 11.2 Å². The number of aromatic nitrogens is 4. The number of halogens is 1. The summed E-state index contributed by atoms with van der Waals surface area (Å²) < 4.78 is 4.16. The van der Waals surface area contributed by atoms with Crippen molar-refractivity contribution >= 4 is 34.9 Å². The first kappa shape index (κ1) is 17.9. The second-order valence-corrected chi connectivity index (χ2v) is 6.64. The fourth-order valence-electron chi connectivity index (χ4n) is 2.71. The summed E-state index contributed by atoms with van der Waals surface area (Å²) in [5, 5.41) is 4.83. The molecule has 0 saturated heterocycles. The largest absolute Gasteiger partial charge is 0.332 e. The Labute approximate surface area is 154 Å². The van der Waals surface area contributed by atoms with Crippen molar-refractivity contribution in [3.8, 4) is 0 Å². The third kappa shape index (κ3) is 3.03. The van der Waals surface area contributed by atoms with E-state index in [-0.39, 0.29) is 11.6 Å². The molecule has 0 aliphatic heterocycles. The summed E-state index contributed by atoms with van der Waals surface area (Å²) in [6.45, 7) is 3.86. The summed E-state index contributed by atoms with van der Waals surface area (Å²) in [5.74, 6) is 0.388. The first-order chi connectivity index (χ1) is 12.3. The van der Waals surface area contributed by atoms with Crippen molar-refractivity contribution in [2.75, 3.05) is 5.43 Å². The van der Waals surface area contributed by atoms with Crippen LogP contribution in [-0.4, -0.2) is 24.9 Å². The van der Waals surface area contributed by atoms with Crippen LogP contribution in [0.2, 0.25) is 5.02 Å². The van der Waals surface area contributed by atoms with Gasteiger partial charge in [0.25, 0.3) is 5.56 Å². The van der Waals surface area contributed by atoms with E-state index in [4.69, 9.17) is 11.6 Å². The number of aryl methyl sites for hydroxylation is 1. The van der Waals surface area contributed by atoms with Crippen LogP contribution in [0.15, 0.2) is 39.0 Å². The monoisotopic (exact) mass is 374 g/mol. The summed E-state index contributed by atoms with van der Waals surface area (Å²) in [6, 6.07) is 7.15. The van der Waals surface area contributed by atoms with Crippen molar-refractivity contribution in [1.82, 2.24) is 18.7 Å². The maximum absolute atomic E-state index is 12.6. The number of anilines is 1. The van der Waals surface area contributed by atoms with E-state index in [1.165, 1.54) is 11.6 Å². The lowest BCUT2D eigenvalue weighted by molar-refractivity contribution is 0.615. The third-order valence-electron chi connectivity index (χ3n) is 4.06. The fraction of sp³-hybridized carbons (Fsp3) is 0.294. The minimum atomic E-state index is -0.424. The molecule has 0 radical (unpaired) electrons. The van der Waals surface area contributed by atoms with Crippen LogP contribution in [0.1, 0.15) is 25.5 Å². The van der Waals surface area contributed by atoms with Crippen LogP contribution in [-0.2, 0) is 14.1 Å². The lowest BCUT2D eigenvalue weighted by atomic mass is 10.2. The summed E-state index contributed by atoms with van der Waals surface area (Å²) in [4.78, 5) is 29.1. The van der Waals surface area contributed by atoms with E-state index in [1.54, 1.807) is 30.0 Å². The lowest BCUT2D eigenvalue weighted by Crippen LogP contribution is -2.37. The van der Waals surface area contributed by atoms with Gasteiger partial charge in [-0.3, -0.25) is 13.9 Å². The summed E-state index contributed by atoms with van der Waals surface area (Å²) in [7, 11) is 3.04. The summed E-state index contributed by atoms with van der Waals surface area (Å²) >= 11 is 5.86. The van der Waals surface area contributed by atoms with E-state index < -0.39 is 5.69 Å². The molecular formula is C17H19ClN6O2. The van der Waals surface area contributed by atoms with E-state index in [0.717, 1.165) is 10.1 Å². The van der Waals surface area contributed by atoms with Gasteiger partial charge >= 0.3 is 5.69 Å². The Kier molecular flexibility index (Phi) is 4.69. The van der Waals surface area contributed by atoms with Crippen molar-refractivity contribution in [2.45, 2.75) is 19.9 Å². The lowest BCUT2D eigenvalue weighted by Gasteiger charge is -2.12. The number of hydrogen-bond donors (Lipinski definition) is 1. The van der Waals surface area contributed by atoms with Crippen molar-refractivity contribution in [2.24, 2.45) is 19.2 Å². The smallest absolute Gasteiger partial charge is 0.300 e. The highest BCUT2D eigenvalue weighted by Crippen LogP contribution is 2.21. The molecule has 0 bridgehead atoms. The normalized spacial score (nSPS) is 11.8. The quantitative estimate of drug-likeness (QED) is 0.559. The Bertz CT molecular complexity index is 1110. The summed E-state index contributed by atoms with van der Waals surface area (Å²) in [6.07, 6.45) is 1.62. The van der Waals surface area contributed by atoms with Gasteiger partial charge in [0.15, 0.2) is 11.2 Å². The molecule has 0 spiro atoms. The molecule has 0 aliphatic rings. The van der Waals surface area contributed by atoms with E-state index in [1.807, 2.05) is 26.0 Å². The molecule has 1 aromatic carbocycles. The maximum atomic E-state index is 12.6. The third-order valence-corrected chi connectivity index (χ3v) is 4.31. The Hall–Kier alpha value is -2.87. The highest BCUT2D eigenvalue weighted by Gasteiger charge is 2.20. The van der Waals surface area contributed by atoms with Crippen LogP contribution in [0.5, 0.6) is 0 Å². The first-order valence-electron chi connectivity index (χ1n) is 8.04. The van der Waals surface area contributed by atoms with Gasteiger partial charge in [-0.05, 0) is 31.5 Å². The molecular weight excluding hydrogens is 356 g/mol. The van der Waals surface area contributed by atoms with Gasteiger partial charge in [0, 0.05) is 25.2 Å². The highest BCUT2D eigenvalue weighted by molar-refractivity contribution is 6.30. The Morgan fingerprint density at radius 2 is 1.81 bits per heavy atom. The minimum Gasteiger partial charge on any atom is -0.300 e. The molecule has 3 rings (SSSR count). The molecule has 3 aromatic rings. The second-order valence-electron chi connectivity index (χ2n) is 6.20. The van der Waals surface area contributed by atoms with Crippen LogP contribution in [0.4, 0.5) is 5.95 Å². The number of benzene rings is 1. The van der Waals surface area contributed by atoms with Gasteiger partial charge in [-0.25, -0.2) is 10.2 Å². The molecule has 26 heavy (non-hydrogen) atoms. The van der Waals surface area contributed by atoms with Gasteiger partial charge in [0.2, 0.25) is 5.95 Å². The molecule has 1 N–H and O–H groups in total. The topological polar surface area (TPSA) is 86.2 Å². The standard InChI is InChI=1S/C17H19ClN6O2/c1-10(2)24-13-14(22(3)17(26)23(4)15(13)25)20-16(24)21-19-9-11-5-7-12(18)8-6-11/h5-10H,1-4H3,(H,20,21). The molecule has 2 aromatic heterocycles. The van der Waals surface area contributed by atoms with E-state index in [2.05, 4.69) is 15.5 Å². The van der Waals surface area contributed by atoms with Gasteiger partial charge in [0.05, 0.1) is 6.21 Å². The molecule has 2 heterocycles. The van der Waals surface area contributed by atoms with Crippen molar-refractivity contribution in [1.29, 1.82) is 0 Å². The Balaban J connectivity index is 2.08. The van der Waals surface area contributed by atoms with E-state index >= 15 is 0 Å². The molecule has 0 saturated carbocycles. The number of nitrogens with one attached hydrogen (secondary N) is 1. The summed E-state index contributed by atoms with van der Waals surface area (Å²) in [5.41, 5.74) is 3.58. The Morgan fingerprint density at radius 1 is 1.15 bits per heavy atom. The number of imidazole rings is 1. The average molecular weight is 375 g/mol. The Morgan fingerprint density at radius 3 is 2.42 bits per heavy atom. The predicted molar refractivity (Wildman–Crippen MR) is 103 cm³/mol. The number of hydrogen-bond acceptors (Lipinski definition) is 5. The van der Waals surface area contributed by atoms with E-state index in [9.17, 15) is 9.59 Å². The molecule has 0 atom stereocenters. The molecule has 0 amide bonds. The molecule has 0 unspecified atom stereocenters. The highest BCUT2D eigenvalue weighted by atomic mass is 35.5. The van der Waals surface area contributed by atoms with Crippen LogP contribution >= 0.6 is 11.6 Å². The number of nitrogens with zero attached hydrogens (tertiary/aromatic N) is 5. The van der Waals surface area contributed by atoms with E-state index in [0.29, 0.717) is 22.1 Å². The van der Waals surface area contributed by atoms with Crippen molar-refractivity contribution < 1.29 is 0 Å². The fourth-order valence-corrected chi connectivity index (χ4v) is 2.84. The van der Waals surface area contributed by atoms with Crippen LogP contribution < -0.4 is 16.7 Å². The number of fused-ring (bicyclic) bond motifs is 1. The zero-order valence-corrected chi connectivity index (χ0v) is 15.7. The number of rotatable bonds is 4. The van der Waals surface area contributed by atoms with Gasteiger partial charge in [-0.1, -0.05) is 23.7 Å². The van der Waals surface area contributed by atoms with Gasteiger partial charge < -0.3 is 4.57 Å². The average Bonchev–Trinajstić information content (AvgIpc) is 3.00. The molecule has 0 aliphatic carbocycles. The van der Waals surface area contributed by atoms with Crippen LogP contribution in [0.3, 0.4) is 0 Å². The van der Waals surface area contributed by atoms with Crippen molar-refractivity contribution in [3.05, 3.63) is 55.7 Å². The molecule has 9 heteroatoms. The minimum absolute atomic E-state index is 0.0570. The maximum Gasteiger partial charge on any atom is 0.332 e. The molecule has 8 nitrogen and oxygen atoms in total. The molecule has 136 valence electrons. The number of hydrazone groups is 1. The first-order valence-corrected chi connectivity index (χ1v) is 8.41. The predicted octanol–water partition coefficient (Wildman–Crippen LogP) is 2.11. The zero-order chi connectivity index (χ0) is 19.0. The van der Waals surface area contributed by atoms with Gasteiger partial charge in [-0.2, -0.15) is 10.1 Å². The SMILES string of the molecule is CC(C)n1c(NN=Cc2ccc(Cl)cc2)nc2c1c(=O)n(C)c(=O)n2C. The van der Waals surface area contributed by atoms with Crippen molar-refractivity contribution in [3.63, 3.8) is 0 Å². The van der Waals surface area contributed by atoms with Crippen LogP contribution in [0, 0.1) is 0 Å². The van der Waals surface area contributed by atoms with Gasteiger partial charge in [-0.15, -0.1) is 0 Å². The zero-order valence-electron chi connectivity index (χ0n) is 14.9. The second kappa shape index (κ2) is 6.80.